The Hall–Kier alpha value is -3.98. The van der Waals surface area contributed by atoms with E-state index in [-0.39, 0.29) is 27.9 Å². The van der Waals surface area contributed by atoms with Gasteiger partial charge in [0, 0.05) is 5.56 Å². The maximum atomic E-state index is 13.3. The highest BCUT2D eigenvalue weighted by molar-refractivity contribution is 7.17. The van der Waals surface area contributed by atoms with Crippen LogP contribution < -0.4 is 9.64 Å². The van der Waals surface area contributed by atoms with Crippen LogP contribution in [0.4, 0.5) is 5.13 Å². The van der Waals surface area contributed by atoms with Gasteiger partial charge in [-0.25, -0.2) is 9.78 Å². The van der Waals surface area contributed by atoms with E-state index < -0.39 is 23.7 Å². The average Bonchev–Trinajstić information content (AvgIpc) is 3.36. The van der Waals surface area contributed by atoms with E-state index in [0.29, 0.717) is 22.6 Å². The van der Waals surface area contributed by atoms with Gasteiger partial charge in [-0.15, -0.1) is 0 Å². The number of thiazole rings is 1. The van der Waals surface area contributed by atoms with E-state index in [1.54, 1.807) is 50.2 Å². The van der Waals surface area contributed by atoms with Crippen molar-refractivity contribution in [3.63, 3.8) is 0 Å². The number of amides is 1. The zero-order valence-electron chi connectivity index (χ0n) is 19.7. The van der Waals surface area contributed by atoms with Gasteiger partial charge < -0.3 is 14.6 Å². The monoisotopic (exact) mass is 492 g/mol. The topological polar surface area (TPSA) is 106 Å². The SMILES string of the molecule is CCOC(=O)c1sc(N2C(=O)C(=O)C(=C(O)c3ccc(OC)cc3)[C@@H]2c2ccc(C)cc2)nc1C. The summed E-state index contributed by atoms with van der Waals surface area (Å²) in [5.74, 6) is -1.94. The maximum Gasteiger partial charge on any atom is 0.350 e. The van der Waals surface area contributed by atoms with Gasteiger partial charge in [0.25, 0.3) is 5.78 Å². The largest absolute Gasteiger partial charge is 0.507 e. The van der Waals surface area contributed by atoms with Gasteiger partial charge in [-0.3, -0.25) is 14.5 Å². The number of carbonyl (C=O) groups excluding carboxylic acids is 3. The van der Waals surface area contributed by atoms with Crippen LogP contribution in [0.3, 0.4) is 0 Å². The number of hydrogen-bond acceptors (Lipinski definition) is 8. The van der Waals surface area contributed by atoms with Crippen molar-refractivity contribution in [2.75, 3.05) is 18.6 Å². The summed E-state index contributed by atoms with van der Waals surface area (Å²) < 4.78 is 10.3. The minimum Gasteiger partial charge on any atom is -0.507 e. The van der Waals surface area contributed by atoms with Crippen LogP contribution in [0, 0.1) is 13.8 Å². The Balaban J connectivity index is 1.89. The lowest BCUT2D eigenvalue weighted by molar-refractivity contribution is -0.132. The third-order valence-corrected chi connectivity index (χ3v) is 6.79. The normalized spacial score (nSPS) is 17.0. The number of aromatic nitrogens is 1. The van der Waals surface area contributed by atoms with E-state index in [2.05, 4.69) is 4.98 Å². The van der Waals surface area contributed by atoms with Gasteiger partial charge in [0.15, 0.2) is 5.13 Å². The zero-order valence-corrected chi connectivity index (χ0v) is 20.5. The third-order valence-electron chi connectivity index (χ3n) is 5.65. The molecule has 9 heteroatoms. The molecule has 0 unspecified atom stereocenters. The number of ketones is 1. The van der Waals surface area contributed by atoms with Crippen LogP contribution in [0.1, 0.15) is 45.0 Å². The Morgan fingerprint density at radius 3 is 2.34 bits per heavy atom. The number of rotatable bonds is 6. The van der Waals surface area contributed by atoms with Gasteiger partial charge in [-0.1, -0.05) is 41.2 Å². The summed E-state index contributed by atoms with van der Waals surface area (Å²) in [5, 5.41) is 11.4. The quantitative estimate of drug-likeness (QED) is 0.232. The summed E-state index contributed by atoms with van der Waals surface area (Å²) in [6.45, 7) is 5.46. The highest BCUT2D eigenvalue weighted by Crippen LogP contribution is 2.44. The van der Waals surface area contributed by atoms with E-state index in [1.165, 1.54) is 12.0 Å². The molecule has 2 heterocycles. The number of aliphatic hydroxyl groups is 1. The van der Waals surface area contributed by atoms with E-state index in [4.69, 9.17) is 9.47 Å². The number of carbonyl (C=O) groups is 3. The number of ether oxygens (including phenoxy) is 2. The van der Waals surface area contributed by atoms with Gasteiger partial charge in [-0.05, 0) is 50.6 Å². The van der Waals surface area contributed by atoms with Crippen LogP contribution >= 0.6 is 11.3 Å². The first-order valence-corrected chi connectivity index (χ1v) is 11.7. The Labute approximate surface area is 206 Å². The predicted molar refractivity (Wildman–Crippen MR) is 132 cm³/mol. The molecule has 3 aromatic rings. The molecule has 0 aliphatic carbocycles. The molecule has 1 saturated heterocycles. The molecule has 1 fully saturated rings. The highest BCUT2D eigenvalue weighted by Gasteiger charge is 2.48. The molecule has 1 amide bonds. The second kappa shape index (κ2) is 9.71. The molecular weight excluding hydrogens is 468 g/mol. The van der Waals surface area contributed by atoms with Gasteiger partial charge in [0.1, 0.15) is 16.4 Å². The van der Waals surface area contributed by atoms with Crippen LogP contribution in [0.25, 0.3) is 5.76 Å². The Bertz CT molecular complexity index is 1320. The van der Waals surface area contributed by atoms with Crippen LogP contribution in [0.15, 0.2) is 54.1 Å². The first-order valence-electron chi connectivity index (χ1n) is 10.9. The van der Waals surface area contributed by atoms with Crippen molar-refractivity contribution < 1.29 is 29.0 Å². The van der Waals surface area contributed by atoms with Gasteiger partial charge in [0.05, 0.1) is 31.0 Å². The number of anilines is 1. The second-order valence-electron chi connectivity index (χ2n) is 7.94. The molecule has 180 valence electrons. The molecule has 4 rings (SSSR count). The predicted octanol–water partition coefficient (Wildman–Crippen LogP) is 4.57. The standard InChI is InChI=1S/C26H24N2O6S/c1-5-34-25(32)23-15(3)27-26(35-23)28-20(16-8-6-14(2)7-9-16)19(22(30)24(28)31)21(29)17-10-12-18(33-4)13-11-17/h6-13,20,29H,5H2,1-4H3/t20-/m0/s1. The molecule has 2 aromatic carbocycles. The van der Waals surface area contributed by atoms with E-state index in [0.717, 1.165) is 16.9 Å². The number of benzene rings is 2. The molecule has 1 aliphatic rings. The zero-order chi connectivity index (χ0) is 25.3. The molecule has 1 atom stereocenters. The van der Waals surface area contributed by atoms with Crippen LogP contribution in [0.2, 0.25) is 0 Å². The smallest absolute Gasteiger partial charge is 0.350 e. The van der Waals surface area contributed by atoms with Crippen LogP contribution in [0.5, 0.6) is 5.75 Å². The van der Waals surface area contributed by atoms with Gasteiger partial charge in [-0.2, -0.15) is 0 Å². The maximum absolute atomic E-state index is 13.3. The van der Waals surface area contributed by atoms with E-state index >= 15 is 0 Å². The van der Waals surface area contributed by atoms with Crippen molar-refractivity contribution in [1.29, 1.82) is 0 Å². The Morgan fingerprint density at radius 1 is 1.09 bits per heavy atom. The van der Waals surface area contributed by atoms with Gasteiger partial charge in [0.2, 0.25) is 0 Å². The Morgan fingerprint density at radius 2 is 1.74 bits per heavy atom. The van der Waals surface area contributed by atoms with E-state index in [9.17, 15) is 19.5 Å². The third kappa shape index (κ3) is 4.42. The number of aliphatic hydroxyl groups excluding tert-OH is 1. The van der Waals surface area contributed by atoms with Crippen molar-refractivity contribution in [1.82, 2.24) is 4.98 Å². The number of esters is 1. The first kappa shape index (κ1) is 24.2. The molecule has 1 aliphatic heterocycles. The molecule has 1 aromatic heterocycles. The molecule has 8 nitrogen and oxygen atoms in total. The summed E-state index contributed by atoms with van der Waals surface area (Å²) in [5.41, 5.74) is 2.31. The van der Waals surface area contributed by atoms with Crippen LogP contribution in [-0.2, 0) is 14.3 Å². The fourth-order valence-corrected chi connectivity index (χ4v) is 4.86. The lowest BCUT2D eigenvalue weighted by Gasteiger charge is -2.23. The Kier molecular flexibility index (Phi) is 6.70. The summed E-state index contributed by atoms with van der Waals surface area (Å²) in [6, 6.07) is 12.9. The number of Topliss-reactive ketones (excluding diaryl/α,β-unsaturated/α-hetero) is 1. The molecular formula is C26H24N2O6S. The molecule has 0 radical (unpaired) electrons. The molecule has 0 saturated carbocycles. The molecule has 0 spiro atoms. The minimum atomic E-state index is -0.932. The van der Waals surface area contributed by atoms with E-state index in [1.807, 2.05) is 19.1 Å². The highest BCUT2D eigenvalue weighted by atomic mass is 32.1. The number of nitrogens with zero attached hydrogens (tertiary/aromatic N) is 2. The number of aryl methyl sites for hydroxylation is 2. The molecule has 35 heavy (non-hydrogen) atoms. The summed E-state index contributed by atoms with van der Waals surface area (Å²) in [7, 11) is 1.53. The summed E-state index contributed by atoms with van der Waals surface area (Å²) in [4.78, 5) is 44.8. The lowest BCUT2D eigenvalue weighted by atomic mass is 9.95. The fourth-order valence-electron chi connectivity index (χ4n) is 3.87. The van der Waals surface area contributed by atoms with Crippen molar-refractivity contribution in [2.24, 2.45) is 0 Å². The van der Waals surface area contributed by atoms with Crippen LogP contribution in [-0.4, -0.2) is 41.5 Å². The fraction of sp³-hybridized carbons (Fsp3) is 0.231. The first-order chi connectivity index (χ1) is 16.8. The van der Waals surface area contributed by atoms with Crippen molar-refractivity contribution in [3.8, 4) is 5.75 Å². The molecule has 0 bridgehead atoms. The van der Waals surface area contributed by atoms with Gasteiger partial charge >= 0.3 is 11.9 Å². The second-order valence-corrected chi connectivity index (χ2v) is 8.92. The lowest BCUT2D eigenvalue weighted by Crippen LogP contribution is -2.29. The van der Waals surface area contributed by atoms with Crippen molar-refractivity contribution in [2.45, 2.75) is 26.8 Å². The minimum absolute atomic E-state index is 0.0606. The van der Waals surface area contributed by atoms with Crippen molar-refractivity contribution in [3.05, 3.63) is 81.4 Å². The van der Waals surface area contributed by atoms with Crippen molar-refractivity contribution >= 4 is 39.9 Å². The number of hydrogen-bond donors (Lipinski definition) is 1. The average molecular weight is 493 g/mol. The summed E-state index contributed by atoms with van der Waals surface area (Å²) >= 11 is 0.973. The molecule has 1 N–H and O–H groups in total. The summed E-state index contributed by atoms with van der Waals surface area (Å²) in [6.07, 6.45) is 0. The number of methoxy groups -OCH3 is 1.